The van der Waals surface area contributed by atoms with E-state index in [0.29, 0.717) is 6.04 Å². The maximum atomic E-state index is 6.11. The summed E-state index contributed by atoms with van der Waals surface area (Å²) >= 11 is 8.00. The maximum Gasteiger partial charge on any atom is 0.0445 e. The lowest BCUT2D eigenvalue weighted by Gasteiger charge is -2.29. The molecule has 0 radical (unpaired) electrons. The molecule has 1 nitrogen and oxygen atoms in total. The van der Waals surface area contributed by atoms with Crippen molar-refractivity contribution in [2.45, 2.75) is 38.3 Å². The highest BCUT2D eigenvalue weighted by Crippen LogP contribution is 2.33. The first-order valence-corrected chi connectivity index (χ1v) is 8.60. The first-order valence-electron chi connectivity index (χ1n) is 7.35. The van der Waals surface area contributed by atoms with Gasteiger partial charge in [0.1, 0.15) is 0 Å². The molecule has 1 aliphatic rings. The Labute approximate surface area is 130 Å². The smallest absolute Gasteiger partial charge is 0.0445 e. The normalized spacial score (nSPS) is 20.8. The Hall–Kier alpha value is -0.830. The van der Waals surface area contributed by atoms with Crippen LogP contribution >= 0.6 is 22.9 Å². The van der Waals surface area contributed by atoms with E-state index in [4.69, 9.17) is 11.6 Å². The highest BCUT2D eigenvalue weighted by Gasteiger charge is 2.23. The monoisotopic (exact) mass is 305 g/mol. The van der Waals surface area contributed by atoms with Gasteiger partial charge in [-0.15, -0.1) is 11.3 Å². The summed E-state index contributed by atoms with van der Waals surface area (Å²) in [4.78, 5) is 4.14. The summed E-state index contributed by atoms with van der Waals surface area (Å²) in [5, 5.41) is 3.03. The van der Waals surface area contributed by atoms with E-state index < -0.39 is 0 Å². The molecule has 0 aliphatic carbocycles. The molecule has 1 fully saturated rings. The van der Waals surface area contributed by atoms with Crippen molar-refractivity contribution in [3.8, 4) is 0 Å². The molecular weight excluding hydrogens is 286 g/mol. The van der Waals surface area contributed by atoms with Crippen molar-refractivity contribution >= 4 is 22.9 Å². The minimum absolute atomic E-state index is 0.580. The SMILES string of the molecule is Clc1cccc(CN2CCCCCC2c2cccs2)c1. The van der Waals surface area contributed by atoms with Crippen LogP contribution in [0.25, 0.3) is 0 Å². The van der Waals surface area contributed by atoms with Gasteiger partial charge in [-0.2, -0.15) is 0 Å². The molecule has 2 heterocycles. The molecular formula is C17H20ClNS. The van der Waals surface area contributed by atoms with E-state index in [9.17, 15) is 0 Å². The minimum Gasteiger partial charge on any atom is -0.291 e. The van der Waals surface area contributed by atoms with E-state index in [2.05, 4.69) is 40.6 Å². The fraction of sp³-hybridized carbons (Fsp3) is 0.412. The Kier molecular flexibility index (Phi) is 4.77. The fourth-order valence-corrected chi connectivity index (χ4v) is 4.14. The van der Waals surface area contributed by atoms with Crippen LogP contribution in [0.5, 0.6) is 0 Å². The molecule has 1 aromatic carbocycles. The molecule has 3 heteroatoms. The van der Waals surface area contributed by atoms with Crippen LogP contribution in [-0.4, -0.2) is 11.4 Å². The second-order valence-electron chi connectivity index (χ2n) is 5.48. The molecule has 1 aliphatic heterocycles. The van der Waals surface area contributed by atoms with Crippen LogP contribution in [0.2, 0.25) is 5.02 Å². The molecule has 0 N–H and O–H groups in total. The third-order valence-electron chi connectivity index (χ3n) is 4.01. The van der Waals surface area contributed by atoms with Crippen molar-refractivity contribution in [3.63, 3.8) is 0 Å². The van der Waals surface area contributed by atoms with Gasteiger partial charge in [0.25, 0.3) is 0 Å². The van der Waals surface area contributed by atoms with Gasteiger partial charge in [0.2, 0.25) is 0 Å². The lowest BCUT2D eigenvalue weighted by molar-refractivity contribution is 0.195. The predicted octanol–water partition coefficient (Wildman–Crippen LogP) is 5.52. The van der Waals surface area contributed by atoms with Gasteiger partial charge in [0, 0.05) is 22.5 Å². The van der Waals surface area contributed by atoms with Crippen LogP contribution in [0.4, 0.5) is 0 Å². The standard InChI is InChI=1S/C17H20ClNS/c18-15-7-4-6-14(12-15)13-19-10-3-1-2-8-16(19)17-9-5-11-20-17/h4-7,9,11-12,16H,1-3,8,10,13H2. The van der Waals surface area contributed by atoms with Crippen LogP contribution in [0.1, 0.15) is 42.2 Å². The molecule has 3 rings (SSSR count). The van der Waals surface area contributed by atoms with E-state index in [1.54, 1.807) is 0 Å². The zero-order valence-electron chi connectivity index (χ0n) is 11.6. The third kappa shape index (κ3) is 3.43. The number of thiophene rings is 1. The number of hydrogen-bond donors (Lipinski definition) is 0. The quantitative estimate of drug-likeness (QED) is 0.722. The van der Waals surface area contributed by atoms with E-state index >= 15 is 0 Å². The summed E-state index contributed by atoms with van der Waals surface area (Å²) in [5.41, 5.74) is 1.32. The third-order valence-corrected chi connectivity index (χ3v) is 5.22. The number of hydrogen-bond acceptors (Lipinski definition) is 2. The molecule has 0 saturated carbocycles. The van der Waals surface area contributed by atoms with Gasteiger partial charge >= 0.3 is 0 Å². The number of rotatable bonds is 3. The topological polar surface area (TPSA) is 3.24 Å². The Bertz CT molecular complexity index is 538. The number of likely N-dealkylation sites (tertiary alicyclic amines) is 1. The fourth-order valence-electron chi connectivity index (χ4n) is 3.03. The lowest BCUT2D eigenvalue weighted by Crippen LogP contribution is -2.27. The minimum atomic E-state index is 0.580. The molecule has 106 valence electrons. The molecule has 1 atom stereocenters. The second kappa shape index (κ2) is 6.75. The summed E-state index contributed by atoms with van der Waals surface area (Å²) in [6, 6.07) is 13.3. The van der Waals surface area contributed by atoms with Gasteiger partial charge in [-0.05, 0) is 48.5 Å². The summed E-state index contributed by atoms with van der Waals surface area (Å²) < 4.78 is 0. The van der Waals surface area contributed by atoms with Gasteiger partial charge in [-0.1, -0.05) is 42.6 Å². The lowest BCUT2D eigenvalue weighted by atomic mass is 10.1. The summed E-state index contributed by atoms with van der Waals surface area (Å²) in [7, 11) is 0. The van der Waals surface area contributed by atoms with E-state index in [-0.39, 0.29) is 0 Å². The van der Waals surface area contributed by atoms with E-state index in [1.807, 2.05) is 17.4 Å². The summed E-state index contributed by atoms with van der Waals surface area (Å²) in [6.45, 7) is 2.19. The van der Waals surface area contributed by atoms with Crippen molar-refractivity contribution in [2.24, 2.45) is 0 Å². The van der Waals surface area contributed by atoms with Crippen molar-refractivity contribution in [1.29, 1.82) is 0 Å². The van der Waals surface area contributed by atoms with Crippen LogP contribution in [-0.2, 0) is 6.54 Å². The van der Waals surface area contributed by atoms with Gasteiger partial charge < -0.3 is 0 Å². The van der Waals surface area contributed by atoms with Gasteiger partial charge in [-0.25, -0.2) is 0 Å². The van der Waals surface area contributed by atoms with Crippen molar-refractivity contribution < 1.29 is 0 Å². The average Bonchev–Trinajstić information content (AvgIpc) is 2.87. The first-order chi connectivity index (χ1) is 9.83. The Balaban J connectivity index is 1.80. The predicted molar refractivity (Wildman–Crippen MR) is 87.4 cm³/mol. The molecule has 1 saturated heterocycles. The number of halogens is 1. The van der Waals surface area contributed by atoms with Gasteiger partial charge in [0.15, 0.2) is 0 Å². The Morgan fingerprint density at radius 2 is 2.10 bits per heavy atom. The van der Waals surface area contributed by atoms with Crippen LogP contribution in [0, 0.1) is 0 Å². The largest absolute Gasteiger partial charge is 0.291 e. The van der Waals surface area contributed by atoms with Crippen molar-refractivity contribution in [2.75, 3.05) is 6.54 Å². The average molecular weight is 306 g/mol. The zero-order valence-corrected chi connectivity index (χ0v) is 13.2. The number of nitrogens with zero attached hydrogens (tertiary/aromatic N) is 1. The second-order valence-corrected chi connectivity index (χ2v) is 6.90. The molecule has 1 unspecified atom stereocenters. The highest BCUT2D eigenvalue weighted by molar-refractivity contribution is 7.10. The molecule has 0 spiro atoms. The molecule has 20 heavy (non-hydrogen) atoms. The van der Waals surface area contributed by atoms with E-state index in [0.717, 1.165) is 11.6 Å². The van der Waals surface area contributed by atoms with Crippen LogP contribution in [0.15, 0.2) is 41.8 Å². The zero-order chi connectivity index (χ0) is 13.8. The van der Waals surface area contributed by atoms with Gasteiger partial charge in [0.05, 0.1) is 0 Å². The van der Waals surface area contributed by atoms with Crippen LogP contribution < -0.4 is 0 Å². The molecule has 2 aromatic rings. The van der Waals surface area contributed by atoms with Crippen molar-refractivity contribution in [3.05, 3.63) is 57.2 Å². The Morgan fingerprint density at radius 1 is 1.15 bits per heavy atom. The summed E-state index contributed by atoms with van der Waals surface area (Å²) in [6.07, 6.45) is 5.28. The molecule has 1 aromatic heterocycles. The Morgan fingerprint density at radius 3 is 2.90 bits per heavy atom. The first kappa shape index (κ1) is 14.1. The van der Waals surface area contributed by atoms with Crippen LogP contribution in [0.3, 0.4) is 0 Å². The molecule has 0 amide bonds. The van der Waals surface area contributed by atoms with Gasteiger partial charge in [-0.3, -0.25) is 4.90 Å². The van der Waals surface area contributed by atoms with E-state index in [1.165, 1.54) is 42.7 Å². The molecule has 0 bridgehead atoms. The maximum absolute atomic E-state index is 6.11. The highest BCUT2D eigenvalue weighted by atomic mass is 35.5. The number of benzene rings is 1. The van der Waals surface area contributed by atoms with Crippen molar-refractivity contribution in [1.82, 2.24) is 4.90 Å². The summed E-state index contributed by atoms with van der Waals surface area (Å²) in [5.74, 6) is 0.